The number of nitrogens with zero attached hydrogens (tertiary/aromatic N) is 4. The van der Waals surface area contributed by atoms with Gasteiger partial charge in [-0.3, -0.25) is 10.6 Å². The minimum Gasteiger partial charge on any atom is -0.323 e. The van der Waals surface area contributed by atoms with Gasteiger partial charge in [0.15, 0.2) is 0 Å². The van der Waals surface area contributed by atoms with Gasteiger partial charge in [0.05, 0.1) is 23.3 Å². The van der Waals surface area contributed by atoms with Crippen LogP contribution >= 0.6 is 0 Å². The molecule has 104 valence electrons. The van der Waals surface area contributed by atoms with Gasteiger partial charge in [-0.15, -0.1) is 0 Å². The standard InChI is InChI=1S/C14H12N6O/c15-5-7-20(8-6-16)14(21)13-9-12(19-17)10-3-1-2-4-11(10)18-13/h1-4,9H,7-8,17H2,(H,18,19). The molecular weight excluding hydrogens is 268 g/mol. The molecule has 21 heavy (non-hydrogen) atoms. The minimum atomic E-state index is -0.486. The van der Waals surface area contributed by atoms with Crippen molar-refractivity contribution in [3.05, 3.63) is 36.0 Å². The predicted molar refractivity (Wildman–Crippen MR) is 76.7 cm³/mol. The van der Waals surface area contributed by atoms with Crippen LogP contribution < -0.4 is 11.3 Å². The van der Waals surface area contributed by atoms with E-state index in [4.69, 9.17) is 16.4 Å². The normalized spacial score (nSPS) is 9.67. The van der Waals surface area contributed by atoms with E-state index in [1.54, 1.807) is 12.1 Å². The molecule has 1 heterocycles. The molecule has 1 aromatic carbocycles. The number of benzene rings is 1. The maximum Gasteiger partial charge on any atom is 0.274 e. The number of carbonyl (C=O) groups is 1. The first-order valence-corrected chi connectivity index (χ1v) is 6.11. The largest absolute Gasteiger partial charge is 0.323 e. The van der Waals surface area contributed by atoms with Crippen molar-refractivity contribution in [2.75, 3.05) is 18.5 Å². The second-order valence-corrected chi connectivity index (χ2v) is 4.19. The highest BCUT2D eigenvalue weighted by atomic mass is 16.2. The van der Waals surface area contributed by atoms with E-state index < -0.39 is 5.91 Å². The van der Waals surface area contributed by atoms with E-state index in [0.29, 0.717) is 11.2 Å². The number of hydrogen-bond donors (Lipinski definition) is 2. The van der Waals surface area contributed by atoms with Crippen LogP contribution in [0.4, 0.5) is 5.69 Å². The summed E-state index contributed by atoms with van der Waals surface area (Å²) in [5.74, 6) is 4.99. The highest BCUT2D eigenvalue weighted by Crippen LogP contribution is 2.22. The first-order chi connectivity index (χ1) is 10.2. The molecule has 7 nitrogen and oxygen atoms in total. The summed E-state index contributed by atoms with van der Waals surface area (Å²) in [5.41, 5.74) is 3.81. The summed E-state index contributed by atoms with van der Waals surface area (Å²) in [5, 5.41) is 18.2. The average molecular weight is 280 g/mol. The van der Waals surface area contributed by atoms with E-state index in [1.165, 1.54) is 6.07 Å². The van der Waals surface area contributed by atoms with Crippen LogP contribution in [0.2, 0.25) is 0 Å². The van der Waals surface area contributed by atoms with Gasteiger partial charge in [0.2, 0.25) is 0 Å². The Morgan fingerprint density at radius 2 is 1.95 bits per heavy atom. The molecule has 1 amide bonds. The number of hydrazine groups is 1. The molecule has 0 aliphatic rings. The smallest absolute Gasteiger partial charge is 0.274 e. The van der Waals surface area contributed by atoms with Gasteiger partial charge in [-0.1, -0.05) is 18.2 Å². The Kier molecular flexibility index (Phi) is 4.30. The van der Waals surface area contributed by atoms with Crippen LogP contribution in [0.15, 0.2) is 30.3 Å². The number of carbonyl (C=O) groups excluding carboxylic acids is 1. The van der Waals surface area contributed by atoms with Gasteiger partial charge in [-0.2, -0.15) is 10.5 Å². The monoisotopic (exact) mass is 280 g/mol. The molecule has 0 aliphatic heterocycles. The lowest BCUT2D eigenvalue weighted by Gasteiger charge is -2.16. The Morgan fingerprint density at radius 3 is 2.57 bits per heavy atom. The van der Waals surface area contributed by atoms with Gasteiger partial charge in [0, 0.05) is 5.39 Å². The summed E-state index contributed by atoms with van der Waals surface area (Å²) >= 11 is 0. The molecule has 0 radical (unpaired) electrons. The molecule has 0 spiro atoms. The van der Waals surface area contributed by atoms with Crippen molar-refractivity contribution in [2.45, 2.75) is 0 Å². The Balaban J connectivity index is 2.49. The zero-order valence-electron chi connectivity index (χ0n) is 11.1. The number of rotatable bonds is 4. The Bertz CT molecular complexity index is 742. The predicted octanol–water partition coefficient (Wildman–Crippen LogP) is 1.01. The van der Waals surface area contributed by atoms with E-state index >= 15 is 0 Å². The number of aromatic nitrogens is 1. The number of hydrogen-bond acceptors (Lipinski definition) is 6. The van der Waals surface area contributed by atoms with E-state index in [2.05, 4.69) is 10.4 Å². The number of fused-ring (bicyclic) bond motifs is 1. The summed E-state index contributed by atoms with van der Waals surface area (Å²) in [6.45, 7) is -0.349. The molecular formula is C14H12N6O. The highest BCUT2D eigenvalue weighted by molar-refractivity contribution is 5.99. The fraction of sp³-hybridized carbons (Fsp3) is 0.143. The van der Waals surface area contributed by atoms with E-state index in [1.807, 2.05) is 24.3 Å². The zero-order chi connectivity index (χ0) is 15.2. The quantitative estimate of drug-likeness (QED) is 0.490. The van der Waals surface area contributed by atoms with Gasteiger partial charge in [0.25, 0.3) is 5.91 Å². The third kappa shape index (κ3) is 2.89. The van der Waals surface area contributed by atoms with Crippen molar-refractivity contribution < 1.29 is 4.79 Å². The maximum absolute atomic E-state index is 12.3. The zero-order valence-corrected chi connectivity index (χ0v) is 11.1. The van der Waals surface area contributed by atoms with Crippen LogP contribution in [-0.4, -0.2) is 28.9 Å². The van der Waals surface area contributed by atoms with Crippen molar-refractivity contribution in [3.63, 3.8) is 0 Å². The van der Waals surface area contributed by atoms with Crippen LogP contribution in [0.5, 0.6) is 0 Å². The van der Waals surface area contributed by atoms with E-state index in [0.717, 1.165) is 10.3 Å². The van der Waals surface area contributed by atoms with Crippen LogP contribution in [0.25, 0.3) is 10.9 Å². The first kappa shape index (κ1) is 14.3. The summed E-state index contributed by atoms with van der Waals surface area (Å²) in [6.07, 6.45) is 0. The van der Waals surface area contributed by atoms with Gasteiger partial charge in [0.1, 0.15) is 18.8 Å². The van der Waals surface area contributed by atoms with Crippen molar-refractivity contribution in [1.29, 1.82) is 10.5 Å². The third-order valence-electron chi connectivity index (χ3n) is 2.90. The molecule has 0 aliphatic carbocycles. The number of pyridine rings is 1. The molecule has 0 bridgehead atoms. The van der Waals surface area contributed by atoms with Crippen LogP contribution in [-0.2, 0) is 0 Å². The summed E-state index contributed by atoms with van der Waals surface area (Å²) < 4.78 is 0. The molecule has 2 aromatic rings. The second kappa shape index (κ2) is 6.33. The van der Waals surface area contributed by atoms with Gasteiger partial charge in [-0.25, -0.2) is 4.98 Å². The Morgan fingerprint density at radius 1 is 1.29 bits per heavy atom. The van der Waals surface area contributed by atoms with Crippen LogP contribution in [0, 0.1) is 22.7 Å². The molecule has 0 atom stereocenters. The van der Waals surface area contributed by atoms with Crippen LogP contribution in [0.3, 0.4) is 0 Å². The van der Waals surface area contributed by atoms with E-state index in [-0.39, 0.29) is 18.8 Å². The number of nitrogens with two attached hydrogens (primary N) is 1. The van der Waals surface area contributed by atoms with Crippen molar-refractivity contribution in [2.24, 2.45) is 5.84 Å². The molecule has 0 unspecified atom stereocenters. The number of amides is 1. The molecule has 0 saturated carbocycles. The maximum atomic E-state index is 12.3. The number of nitrogen functional groups attached to an aromatic ring is 1. The number of para-hydroxylation sites is 1. The van der Waals surface area contributed by atoms with Gasteiger partial charge >= 0.3 is 0 Å². The van der Waals surface area contributed by atoms with Gasteiger partial charge < -0.3 is 10.3 Å². The lowest BCUT2D eigenvalue weighted by molar-refractivity contribution is 0.0789. The number of nitrogens with one attached hydrogen (secondary N) is 1. The molecule has 0 fully saturated rings. The fourth-order valence-corrected chi connectivity index (χ4v) is 1.94. The average Bonchev–Trinajstić information content (AvgIpc) is 2.52. The van der Waals surface area contributed by atoms with Gasteiger partial charge in [-0.05, 0) is 12.1 Å². The molecule has 1 aromatic heterocycles. The lowest BCUT2D eigenvalue weighted by Crippen LogP contribution is -2.32. The highest BCUT2D eigenvalue weighted by Gasteiger charge is 2.18. The second-order valence-electron chi connectivity index (χ2n) is 4.19. The molecule has 2 rings (SSSR count). The summed E-state index contributed by atoms with van der Waals surface area (Å²) in [4.78, 5) is 17.7. The number of anilines is 1. The lowest BCUT2D eigenvalue weighted by atomic mass is 10.1. The minimum absolute atomic E-state index is 0.132. The summed E-state index contributed by atoms with van der Waals surface area (Å²) in [7, 11) is 0. The first-order valence-electron chi connectivity index (χ1n) is 6.11. The topological polar surface area (TPSA) is 119 Å². The third-order valence-corrected chi connectivity index (χ3v) is 2.90. The van der Waals surface area contributed by atoms with Crippen LogP contribution in [0.1, 0.15) is 10.5 Å². The number of nitriles is 2. The fourth-order valence-electron chi connectivity index (χ4n) is 1.94. The summed E-state index contributed by atoms with van der Waals surface area (Å²) in [6, 6.07) is 12.4. The van der Waals surface area contributed by atoms with Crippen molar-refractivity contribution in [3.8, 4) is 12.1 Å². The van der Waals surface area contributed by atoms with E-state index in [9.17, 15) is 4.79 Å². The molecule has 3 N–H and O–H groups in total. The molecule has 0 saturated heterocycles. The Labute approximate surface area is 121 Å². The Hall–Kier alpha value is -3.16. The SMILES string of the molecule is N#CCN(CC#N)C(=O)c1cc(NN)c2ccccc2n1. The molecule has 7 heteroatoms. The van der Waals surface area contributed by atoms with Crippen molar-refractivity contribution >= 4 is 22.5 Å². The van der Waals surface area contributed by atoms with Crippen molar-refractivity contribution in [1.82, 2.24) is 9.88 Å².